The van der Waals surface area contributed by atoms with Crippen molar-refractivity contribution in [3.63, 3.8) is 0 Å². The third kappa shape index (κ3) is 2.25. The van der Waals surface area contributed by atoms with Crippen LogP contribution in [0, 0.1) is 17.7 Å². The van der Waals surface area contributed by atoms with Crippen molar-refractivity contribution in [1.29, 1.82) is 0 Å². The molecule has 18 heavy (non-hydrogen) atoms. The van der Waals surface area contributed by atoms with Gasteiger partial charge in [0.25, 0.3) is 0 Å². The number of carbonyl (C=O) groups excluding carboxylic acids is 1. The van der Waals surface area contributed by atoms with E-state index in [-0.39, 0.29) is 28.9 Å². The maximum absolute atomic E-state index is 14.0. The maximum atomic E-state index is 14.0. The van der Waals surface area contributed by atoms with Crippen LogP contribution in [0.1, 0.15) is 29.6 Å². The number of rotatable bonds is 4. The largest absolute Gasteiger partial charge is 0.494 e. The molecular formula is C14H18FNO2. The Morgan fingerprint density at radius 3 is 2.94 bits per heavy atom. The van der Waals surface area contributed by atoms with Gasteiger partial charge in [-0.1, -0.05) is 12.5 Å². The molecule has 1 fully saturated rings. The predicted molar refractivity (Wildman–Crippen MR) is 67.2 cm³/mol. The van der Waals surface area contributed by atoms with E-state index in [0.29, 0.717) is 6.54 Å². The van der Waals surface area contributed by atoms with Gasteiger partial charge in [0.1, 0.15) is 0 Å². The van der Waals surface area contributed by atoms with Crippen molar-refractivity contribution in [3.05, 3.63) is 29.6 Å². The zero-order chi connectivity index (χ0) is 13.1. The normalized spacial score (nSPS) is 23.1. The Hall–Kier alpha value is -1.42. The lowest BCUT2D eigenvalue weighted by atomic mass is 9.88. The number of Topliss-reactive ketones (excluding diaryl/α,β-unsaturated/α-hetero) is 1. The summed E-state index contributed by atoms with van der Waals surface area (Å²) in [5, 5.41) is 0. The van der Waals surface area contributed by atoms with Crippen LogP contribution in [0.4, 0.5) is 4.39 Å². The number of benzene rings is 1. The molecule has 1 aliphatic carbocycles. The Kier molecular flexibility index (Phi) is 3.97. The number of carbonyl (C=O) groups is 1. The second-order valence-corrected chi connectivity index (χ2v) is 4.72. The lowest BCUT2D eigenvalue weighted by Crippen LogP contribution is -2.25. The Labute approximate surface area is 106 Å². The molecule has 0 amide bonds. The van der Waals surface area contributed by atoms with Crippen molar-refractivity contribution in [3.8, 4) is 5.75 Å². The summed E-state index contributed by atoms with van der Waals surface area (Å²) in [5.74, 6) is -0.546. The van der Waals surface area contributed by atoms with Crippen LogP contribution in [0.3, 0.4) is 0 Å². The highest BCUT2D eigenvalue weighted by Gasteiger charge is 2.33. The van der Waals surface area contributed by atoms with Gasteiger partial charge in [-0.3, -0.25) is 4.79 Å². The van der Waals surface area contributed by atoms with E-state index in [9.17, 15) is 9.18 Å². The van der Waals surface area contributed by atoms with E-state index in [1.165, 1.54) is 19.2 Å². The molecule has 0 aliphatic heterocycles. The van der Waals surface area contributed by atoms with Gasteiger partial charge in [0, 0.05) is 5.92 Å². The zero-order valence-corrected chi connectivity index (χ0v) is 10.5. The van der Waals surface area contributed by atoms with E-state index in [2.05, 4.69) is 0 Å². The van der Waals surface area contributed by atoms with Gasteiger partial charge in [-0.25, -0.2) is 4.39 Å². The first-order valence-electron chi connectivity index (χ1n) is 6.25. The van der Waals surface area contributed by atoms with Gasteiger partial charge in [0.05, 0.1) is 12.7 Å². The van der Waals surface area contributed by atoms with Crippen LogP contribution in [-0.4, -0.2) is 19.4 Å². The molecule has 2 rings (SSSR count). The average molecular weight is 251 g/mol. The zero-order valence-electron chi connectivity index (χ0n) is 10.5. The number of halogens is 1. The molecule has 0 aromatic heterocycles. The van der Waals surface area contributed by atoms with Gasteiger partial charge in [-0.05, 0) is 37.4 Å². The van der Waals surface area contributed by atoms with Gasteiger partial charge in [0.2, 0.25) is 0 Å². The van der Waals surface area contributed by atoms with Crippen molar-refractivity contribution in [2.24, 2.45) is 17.6 Å². The Balaban J connectivity index is 2.28. The molecule has 0 radical (unpaired) electrons. The second kappa shape index (κ2) is 5.48. The van der Waals surface area contributed by atoms with Gasteiger partial charge in [0.15, 0.2) is 17.3 Å². The Morgan fingerprint density at radius 1 is 1.50 bits per heavy atom. The number of nitrogens with two attached hydrogens (primary N) is 1. The Morgan fingerprint density at radius 2 is 2.28 bits per heavy atom. The van der Waals surface area contributed by atoms with Crippen molar-refractivity contribution >= 4 is 5.78 Å². The fourth-order valence-corrected chi connectivity index (χ4v) is 2.72. The van der Waals surface area contributed by atoms with E-state index in [1.807, 2.05) is 0 Å². The smallest absolute Gasteiger partial charge is 0.175 e. The van der Waals surface area contributed by atoms with Crippen molar-refractivity contribution in [2.45, 2.75) is 19.3 Å². The third-order valence-corrected chi connectivity index (χ3v) is 3.75. The molecule has 0 heterocycles. The van der Waals surface area contributed by atoms with Gasteiger partial charge in [-0.2, -0.15) is 0 Å². The lowest BCUT2D eigenvalue weighted by Gasteiger charge is -2.17. The van der Waals surface area contributed by atoms with Crippen LogP contribution in [0.5, 0.6) is 5.75 Å². The van der Waals surface area contributed by atoms with Crippen LogP contribution in [0.2, 0.25) is 0 Å². The first-order chi connectivity index (χ1) is 8.69. The number of methoxy groups -OCH3 is 1. The molecule has 2 atom stereocenters. The molecule has 98 valence electrons. The molecule has 0 saturated heterocycles. The van der Waals surface area contributed by atoms with Gasteiger partial charge >= 0.3 is 0 Å². The maximum Gasteiger partial charge on any atom is 0.175 e. The summed E-state index contributed by atoms with van der Waals surface area (Å²) in [4.78, 5) is 12.4. The third-order valence-electron chi connectivity index (χ3n) is 3.75. The standard InChI is InChI=1S/C14H18FNO2/c1-18-12-7-3-6-11(13(12)15)14(17)10-5-2-4-9(10)8-16/h3,6-7,9-10H,2,4-5,8,16H2,1H3. The lowest BCUT2D eigenvalue weighted by molar-refractivity contribution is 0.0888. The molecule has 1 saturated carbocycles. The highest BCUT2D eigenvalue weighted by molar-refractivity contribution is 5.98. The molecule has 4 heteroatoms. The van der Waals surface area contributed by atoms with Crippen LogP contribution >= 0.6 is 0 Å². The first-order valence-corrected chi connectivity index (χ1v) is 6.25. The topological polar surface area (TPSA) is 52.3 Å². The molecule has 2 unspecified atom stereocenters. The van der Waals surface area contributed by atoms with E-state index >= 15 is 0 Å². The molecule has 0 bridgehead atoms. The molecule has 1 aliphatic rings. The summed E-state index contributed by atoms with van der Waals surface area (Å²) in [5.41, 5.74) is 5.79. The monoisotopic (exact) mass is 251 g/mol. The summed E-state index contributed by atoms with van der Waals surface area (Å²) < 4.78 is 18.9. The van der Waals surface area contributed by atoms with Crippen molar-refractivity contribution in [1.82, 2.24) is 0 Å². The number of ether oxygens (including phenoxy) is 1. The molecule has 0 spiro atoms. The quantitative estimate of drug-likeness (QED) is 0.836. The minimum atomic E-state index is -0.562. The average Bonchev–Trinajstić information content (AvgIpc) is 2.86. The van der Waals surface area contributed by atoms with E-state index in [4.69, 9.17) is 10.5 Å². The number of hydrogen-bond acceptors (Lipinski definition) is 3. The molecule has 1 aromatic rings. The van der Waals surface area contributed by atoms with Crippen molar-refractivity contribution < 1.29 is 13.9 Å². The SMILES string of the molecule is COc1cccc(C(=O)C2CCCC2CN)c1F. The van der Waals surface area contributed by atoms with E-state index < -0.39 is 5.82 Å². The Bertz CT molecular complexity index is 447. The summed E-state index contributed by atoms with van der Waals surface area (Å²) in [6, 6.07) is 4.68. The fourth-order valence-electron chi connectivity index (χ4n) is 2.72. The fraction of sp³-hybridized carbons (Fsp3) is 0.500. The number of ketones is 1. The van der Waals surface area contributed by atoms with Crippen LogP contribution in [0.15, 0.2) is 18.2 Å². The van der Waals surface area contributed by atoms with Crippen LogP contribution in [0.25, 0.3) is 0 Å². The summed E-state index contributed by atoms with van der Waals surface area (Å²) >= 11 is 0. The number of hydrogen-bond donors (Lipinski definition) is 1. The van der Waals surface area contributed by atoms with E-state index in [0.717, 1.165) is 19.3 Å². The minimum absolute atomic E-state index is 0.114. The van der Waals surface area contributed by atoms with Gasteiger partial charge in [-0.15, -0.1) is 0 Å². The first kappa shape index (κ1) is 13.0. The predicted octanol–water partition coefficient (Wildman–Crippen LogP) is 2.39. The molecule has 3 nitrogen and oxygen atoms in total. The minimum Gasteiger partial charge on any atom is -0.494 e. The summed E-state index contributed by atoms with van der Waals surface area (Å²) in [6.07, 6.45) is 2.75. The van der Waals surface area contributed by atoms with Crippen molar-refractivity contribution in [2.75, 3.05) is 13.7 Å². The molecule has 1 aromatic carbocycles. The highest BCUT2D eigenvalue weighted by Crippen LogP contribution is 2.34. The summed E-state index contributed by atoms with van der Waals surface area (Å²) in [7, 11) is 1.39. The molecular weight excluding hydrogens is 233 g/mol. The second-order valence-electron chi connectivity index (χ2n) is 4.72. The summed E-state index contributed by atoms with van der Waals surface area (Å²) in [6.45, 7) is 0.488. The van der Waals surface area contributed by atoms with Crippen LogP contribution < -0.4 is 10.5 Å². The van der Waals surface area contributed by atoms with Crippen LogP contribution in [-0.2, 0) is 0 Å². The van der Waals surface area contributed by atoms with E-state index in [1.54, 1.807) is 6.07 Å². The van der Waals surface area contributed by atoms with Gasteiger partial charge < -0.3 is 10.5 Å². The molecule has 2 N–H and O–H groups in total. The highest BCUT2D eigenvalue weighted by atomic mass is 19.1.